The summed E-state index contributed by atoms with van der Waals surface area (Å²) in [6.07, 6.45) is 0. The minimum atomic E-state index is -1.01. The van der Waals surface area contributed by atoms with Crippen molar-refractivity contribution in [2.75, 3.05) is 33.7 Å². The number of carboxylic acid groups (broad SMARTS) is 1. The molecule has 6 heteroatoms. The standard InChI is InChI=1S/C9H17N3O3/c1-7(8(13)14)6-10-4-5-11-9(15)12(2)3/h10H,1,4-6H2,2-3H3,(H,11,15)(H,13,14). The van der Waals surface area contributed by atoms with Crippen LogP contribution in [0.25, 0.3) is 0 Å². The number of hydrogen-bond acceptors (Lipinski definition) is 3. The topological polar surface area (TPSA) is 81.7 Å². The molecule has 0 rings (SSSR count). The first-order chi connectivity index (χ1) is 6.95. The van der Waals surface area contributed by atoms with E-state index in [1.54, 1.807) is 14.1 Å². The fourth-order valence-electron chi connectivity index (χ4n) is 0.731. The second-order valence-electron chi connectivity index (χ2n) is 3.21. The highest BCUT2D eigenvalue weighted by molar-refractivity contribution is 5.86. The fourth-order valence-corrected chi connectivity index (χ4v) is 0.731. The normalized spacial score (nSPS) is 9.47. The number of hydrogen-bond donors (Lipinski definition) is 3. The molecule has 86 valence electrons. The lowest BCUT2D eigenvalue weighted by atomic mass is 10.3. The summed E-state index contributed by atoms with van der Waals surface area (Å²) < 4.78 is 0. The Kier molecular flexibility index (Phi) is 6.12. The van der Waals surface area contributed by atoms with Gasteiger partial charge in [-0.15, -0.1) is 0 Å². The van der Waals surface area contributed by atoms with Crippen LogP contribution < -0.4 is 10.6 Å². The van der Waals surface area contributed by atoms with E-state index < -0.39 is 5.97 Å². The predicted molar refractivity (Wildman–Crippen MR) is 56.7 cm³/mol. The first-order valence-corrected chi connectivity index (χ1v) is 4.52. The first-order valence-electron chi connectivity index (χ1n) is 4.52. The number of nitrogens with one attached hydrogen (secondary N) is 2. The minimum absolute atomic E-state index is 0.105. The molecule has 0 aromatic carbocycles. The van der Waals surface area contributed by atoms with Gasteiger partial charge in [-0.25, -0.2) is 9.59 Å². The SMILES string of the molecule is C=C(CNCCNC(=O)N(C)C)C(=O)O. The first kappa shape index (κ1) is 13.4. The van der Waals surface area contributed by atoms with E-state index in [1.165, 1.54) is 4.90 Å². The number of rotatable bonds is 6. The van der Waals surface area contributed by atoms with Gasteiger partial charge in [-0.05, 0) is 0 Å². The van der Waals surface area contributed by atoms with Crippen molar-refractivity contribution in [2.45, 2.75) is 0 Å². The molecule has 6 nitrogen and oxygen atoms in total. The van der Waals surface area contributed by atoms with Gasteiger partial charge in [0.25, 0.3) is 0 Å². The maximum atomic E-state index is 11.0. The Labute approximate surface area is 88.9 Å². The molecule has 0 bridgehead atoms. The van der Waals surface area contributed by atoms with Gasteiger partial charge in [-0.2, -0.15) is 0 Å². The number of carbonyl (C=O) groups excluding carboxylic acids is 1. The lowest BCUT2D eigenvalue weighted by Gasteiger charge is -2.12. The largest absolute Gasteiger partial charge is 0.478 e. The van der Waals surface area contributed by atoms with Crippen molar-refractivity contribution in [3.05, 3.63) is 12.2 Å². The fraction of sp³-hybridized carbons (Fsp3) is 0.556. The smallest absolute Gasteiger partial charge is 0.332 e. The van der Waals surface area contributed by atoms with Crippen molar-refractivity contribution in [1.29, 1.82) is 0 Å². The Morgan fingerprint density at radius 1 is 1.33 bits per heavy atom. The summed E-state index contributed by atoms with van der Waals surface area (Å²) in [6, 6.07) is -0.172. The van der Waals surface area contributed by atoms with E-state index in [0.29, 0.717) is 13.1 Å². The van der Waals surface area contributed by atoms with Crippen molar-refractivity contribution in [3.63, 3.8) is 0 Å². The predicted octanol–water partition coefficient (Wildman–Crippen LogP) is -0.512. The van der Waals surface area contributed by atoms with Gasteiger partial charge in [0, 0.05) is 39.3 Å². The Hall–Kier alpha value is -1.56. The highest BCUT2D eigenvalue weighted by Crippen LogP contribution is 1.85. The quantitative estimate of drug-likeness (QED) is 0.411. The number of nitrogens with zero attached hydrogens (tertiary/aromatic N) is 1. The molecular weight excluding hydrogens is 198 g/mol. The zero-order chi connectivity index (χ0) is 11.8. The summed E-state index contributed by atoms with van der Waals surface area (Å²) in [6.45, 7) is 4.53. The summed E-state index contributed by atoms with van der Waals surface area (Å²) in [4.78, 5) is 22.8. The highest BCUT2D eigenvalue weighted by atomic mass is 16.4. The molecule has 3 N–H and O–H groups in total. The van der Waals surface area contributed by atoms with Crippen molar-refractivity contribution < 1.29 is 14.7 Å². The molecule has 0 radical (unpaired) electrons. The Morgan fingerprint density at radius 3 is 2.40 bits per heavy atom. The molecule has 0 aromatic heterocycles. The van der Waals surface area contributed by atoms with Gasteiger partial charge in [-0.1, -0.05) is 6.58 Å². The number of carbonyl (C=O) groups is 2. The van der Waals surface area contributed by atoms with Crippen LogP contribution in [0, 0.1) is 0 Å². The van der Waals surface area contributed by atoms with E-state index in [2.05, 4.69) is 17.2 Å². The number of aliphatic carboxylic acids is 1. The average Bonchev–Trinajstić information content (AvgIpc) is 2.16. The van der Waals surface area contributed by atoms with Crippen molar-refractivity contribution in [2.24, 2.45) is 0 Å². The molecule has 0 aliphatic heterocycles. The van der Waals surface area contributed by atoms with Crippen LogP contribution in [0.4, 0.5) is 4.79 Å². The molecule has 0 aliphatic carbocycles. The molecule has 0 aliphatic rings. The number of amides is 2. The summed E-state index contributed by atoms with van der Waals surface area (Å²) in [5.74, 6) is -1.01. The van der Waals surface area contributed by atoms with Gasteiger partial charge < -0.3 is 20.6 Å². The van der Waals surface area contributed by atoms with Crippen LogP contribution in [0.2, 0.25) is 0 Å². The van der Waals surface area contributed by atoms with Crippen LogP contribution in [-0.4, -0.2) is 55.7 Å². The van der Waals surface area contributed by atoms with E-state index in [4.69, 9.17) is 5.11 Å². The lowest BCUT2D eigenvalue weighted by Crippen LogP contribution is -2.38. The maximum absolute atomic E-state index is 11.0. The second-order valence-corrected chi connectivity index (χ2v) is 3.21. The van der Waals surface area contributed by atoms with E-state index in [-0.39, 0.29) is 18.1 Å². The zero-order valence-corrected chi connectivity index (χ0v) is 9.04. The monoisotopic (exact) mass is 215 g/mol. The lowest BCUT2D eigenvalue weighted by molar-refractivity contribution is -0.132. The summed E-state index contributed by atoms with van der Waals surface area (Å²) in [5.41, 5.74) is 0.105. The van der Waals surface area contributed by atoms with Gasteiger partial charge >= 0.3 is 12.0 Å². The molecule has 0 saturated heterocycles. The van der Waals surface area contributed by atoms with Crippen LogP contribution in [0.15, 0.2) is 12.2 Å². The maximum Gasteiger partial charge on any atom is 0.332 e. The zero-order valence-electron chi connectivity index (χ0n) is 9.04. The van der Waals surface area contributed by atoms with Crippen molar-refractivity contribution in [3.8, 4) is 0 Å². The molecular formula is C9H17N3O3. The summed E-state index contributed by atoms with van der Waals surface area (Å²) in [5, 5.41) is 14.0. The molecule has 0 aromatic rings. The minimum Gasteiger partial charge on any atom is -0.478 e. The van der Waals surface area contributed by atoms with Gasteiger partial charge in [0.15, 0.2) is 0 Å². The number of carboxylic acids is 1. The van der Waals surface area contributed by atoms with Crippen molar-refractivity contribution in [1.82, 2.24) is 15.5 Å². The second kappa shape index (κ2) is 6.83. The van der Waals surface area contributed by atoms with E-state index >= 15 is 0 Å². The molecule has 15 heavy (non-hydrogen) atoms. The third-order valence-corrected chi connectivity index (χ3v) is 1.63. The molecule has 0 unspecified atom stereocenters. The Bertz CT molecular complexity index is 251. The third-order valence-electron chi connectivity index (χ3n) is 1.63. The molecule has 0 saturated carbocycles. The molecule has 2 amide bonds. The van der Waals surface area contributed by atoms with Crippen LogP contribution in [0.1, 0.15) is 0 Å². The Balaban J connectivity index is 3.44. The van der Waals surface area contributed by atoms with Gasteiger partial charge in [0.1, 0.15) is 0 Å². The van der Waals surface area contributed by atoms with Crippen LogP contribution in [0.5, 0.6) is 0 Å². The van der Waals surface area contributed by atoms with Gasteiger partial charge in [0.05, 0.1) is 0 Å². The van der Waals surface area contributed by atoms with Crippen molar-refractivity contribution >= 4 is 12.0 Å². The summed E-state index contributed by atoms with van der Waals surface area (Å²) >= 11 is 0. The van der Waals surface area contributed by atoms with Crippen LogP contribution in [0.3, 0.4) is 0 Å². The molecule has 0 heterocycles. The highest BCUT2D eigenvalue weighted by Gasteiger charge is 2.03. The summed E-state index contributed by atoms with van der Waals surface area (Å²) in [7, 11) is 3.30. The molecule has 0 atom stereocenters. The van der Waals surface area contributed by atoms with E-state index in [1.807, 2.05) is 0 Å². The Morgan fingerprint density at radius 2 is 1.93 bits per heavy atom. The van der Waals surface area contributed by atoms with Crippen LogP contribution >= 0.6 is 0 Å². The molecule has 0 fully saturated rings. The van der Waals surface area contributed by atoms with E-state index in [9.17, 15) is 9.59 Å². The van der Waals surface area contributed by atoms with E-state index in [0.717, 1.165) is 0 Å². The van der Waals surface area contributed by atoms with Gasteiger partial charge in [0.2, 0.25) is 0 Å². The third kappa shape index (κ3) is 6.50. The average molecular weight is 215 g/mol. The van der Waals surface area contributed by atoms with Crippen LogP contribution in [-0.2, 0) is 4.79 Å². The number of urea groups is 1. The van der Waals surface area contributed by atoms with Gasteiger partial charge in [-0.3, -0.25) is 0 Å². The molecule has 0 spiro atoms.